The molecular formula is C6H5N9O2. The summed E-state index contributed by atoms with van der Waals surface area (Å²) in [6.45, 7) is 0. The fourth-order valence-corrected chi connectivity index (χ4v) is 1.12. The standard InChI is InChI=1S/C6H5N9O2/c1-16-4-3(13-17-14-4)8-5-9-11-6-10-7-2-15(6)12-5/h2H,1H3,(H,8,12,13). The van der Waals surface area contributed by atoms with E-state index >= 15 is 0 Å². The molecule has 0 spiro atoms. The topological polar surface area (TPSA) is 129 Å². The molecule has 0 aromatic carbocycles. The number of aromatic nitrogens is 8. The van der Waals surface area contributed by atoms with Crippen LogP contribution in [0, 0.1) is 0 Å². The van der Waals surface area contributed by atoms with E-state index in [0.29, 0.717) is 5.78 Å². The van der Waals surface area contributed by atoms with Gasteiger partial charge in [0.15, 0.2) is 0 Å². The number of hydrogen-bond acceptors (Lipinski definition) is 10. The molecule has 0 radical (unpaired) electrons. The van der Waals surface area contributed by atoms with Gasteiger partial charge >= 0.3 is 5.88 Å². The van der Waals surface area contributed by atoms with Gasteiger partial charge in [0.25, 0.3) is 11.7 Å². The zero-order valence-corrected chi connectivity index (χ0v) is 8.47. The van der Waals surface area contributed by atoms with E-state index in [1.54, 1.807) is 0 Å². The molecule has 0 aliphatic heterocycles. The number of methoxy groups -OCH3 is 1. The summed E-state index contributed by atoms with van der Waals surface area (Å²) in [5.74, 6) is 0.922. The Kier molecular flexibility index (Phi) is 2.00. The zero-order valence-electron chi connectivity index (χ0n) is 8.47. The highest BCUT2D eigenvalue weighted by Crippen LogP contribution is 2.20. The van der Waals surface area contributed by atoms with E-state index < -0.39 is 0 Å². The third-order valence-electron chi connectivity index (χ3n) is 1.83. The highest BCUT2D eigenvalue weighted by atomic mass is 16.6. The van der Waals surface area contributed by atoms with Gasteiger partial charge in [0, 0.05) is 0 Å². The minimum atomic E-state index is 0.186. The van der Waals surface area contributed by atoms with E-state index in [-0.39, 0.29) is 17.6 Å². The monoisotopic (exact) mass is 235 g/mol. The van der Waals surface area contributed by atoms with E-state index in [2.05, 4.69) is 45.8 Å². The molecule has 1 N–H and O–H groups in total. The summed E-state index contributed by atoms with van der Waals surface area (Å²) in [6.07, 6.45) is 1.40. The van der Waals surface area contributed by atoms with Gasteiger partial charge in [-0.15, -0.1) is 25.5 Å². The Bertz CT molecular complexity index is 646. The van der Waals surface area contributed by atoms with Gasteiger partial charge in [-0.1, -0.05) is 0 Å². The highest BCUT2D eigenvalue weighted by molar-refractivity contribution is 5.52. The van der Waals surface area contributed by atoms with Gasteiger partial charge in [-0.05, 0) is 10.3 Å². The highest BCUT2D eigenvalue weighted by Gasteiger charge is 2.12. The molecule has 0 aliphatic rings. The van der Waals surface area contributed by atoms with Crippen LogP contribution in [0.1, 0.15) is 0 Å². The van der Waals surface area contributed by atoms with Crippen molar-refractivity contribution in [2.75, 3.05) is 12.4 Å². The first-order chi connectivity index (χ1) is 8.36. The quantitative estimate of drug-likeness (QED) is 0.606. The molecule has 3 aromatic heterocycles. The summed E-state index contributed by atoms with van der Waals surface area (Å²) in [7, 11) is 1.44. The predicted molar refractivity (Wildman–Crippen MR) is 50.5 cm³/mol. The van der Waals surface area contributed by atoms with Crippen molar-refractivity contribution in [2.24, 2.45) is 0 Å². The minimum Gasteiger partial charge on any atom is -0.476 e. The molecule has 3 aromatic rings. The molecular weight excluding hydrogens is 230 g/mol. The van der Waals surface area contributed by atoms with Gasteiger partial charge in [-0.3, -0.25) is 5.32 Å². The lowest BCUT2D eigenvalue weighted by Gasteiger charge is -1.99. The van der Waals surface area contributed by atoms with Crippen LogP contribution in [-0.2, 0) is 0 Å². The maximum absolute atomic E-state index is 4.89. The maximum atomic E-state index is 4.89. The van der Waals surface area contributed by atoms with Crippen LogP contribution < -0.4 is 10.1 Å². The summed E-state index contributed by atoms with van der Waals surface area (Å²) in [5, 5.41) is 28.7. The zero-order chi connectivity index (χ0) is 11.7. The van der Waals surface area contributed by atoms with Crippen LogP contribution in [0.15, 0.2) is 11.0 Å². The Morgan fingerprint density at radius 1 is 1.29 bits per heavy atom. The fourth-order valence-electron chi connectivity index (χ4n) is 1.12. The number of hydrogen-bond donors (Lipinski definition) is 1. The Balaban J connectivity index is 1.94. The van der Waals surface area contributed by atoms with E-state index in [0.717, 1.165) is 0 Å². The molecule has 86 valence electrons. The van der Waals surface area contributed by atoms with Gasteiger partial charge in [0.1, 0.15) is 6.33 Å². The number of anilines is 2. The molecule has 17 heavy (non-hydrogen) atoms. The maximum Gasteiger partial charge on any atom is 0.300 e. The minimum absolute atomic E-state index is 0.186. The second kappa shape index (κ2) is 3.62. The first-order valence-corrected chi connectivity index (χ1v) is 4.41. The third kappa shape index (κ3) is 1.58. The first-order valence-electron chi connectivity index (χ1n) is 4.41. The van der Waals surface area contributed by atoms with E-state index in [1.165, 1.54) is 18.0 Å². The summed E-state index contributed by atoms with van der Waals surface area (Å²) in [4.78, 5) is 0. The van der Waals surface area contributed by atoms with E-state index in [9.17, 15) is 0 Å². The molecule has 0 bridgehead atoms. The molecule has 11 heteroatoms. The average molecular weight is 235 g/mol. The summed E-state index contributed by atoms with van der Waals surface area (Å²) < 4.78 is 10.7. The Hall–Kier alpha value is -2.85. The molecule has 3 heterocycles. The van der Waals surface area contributed by atoms with Crippen molar-refractivity contribution in [3.05, 3.63) is 6.33 Å². The summed E-state index contributed by atoms with van der Waals surface area (Å²) in [5.41, 5.74) is 0. The number of nitrogens with zero attached hydrogens (tertiary/aromatic N) is 8. The fraction of sp³-hybridized carbons (Fsp3) is 0.167. The molecule has 0 atom stereocenters. The van der Waals surface area contributed by atoms with Crippen molar-refractivity contribution in [2.45, 2.75) is 0 Å². The Morgan fingerprint density at radius 2 is 2.24 bits per heavy atom. The van der Waals surface area contributed by atoms with Gasteiger partial charge in [0.05, 0.1) is 7.11 Å². The molecule has 0 saturated carbocycles. The van der Waals surface area contributed by atoms with E-state index in [1.807, 2.05) is 0 Å². The molecule has 3 rings (SSSR count). The van der Waals surface area contributed by atoms with E-state index in [4.69, 9.17) is 4.74 Å². The van der Waals surface area contributed by atoms with Crippen molar-refractivity contribution in [1.82, 2.24) is 40.3 Å². The van der Waals surface area contributed by atoms with Gasteiger partial charge in [-0.25, -0.2) is 4.63 Å². The Labute approximate surface area is 92.8 Å². The van der Waals surface area contributed by atoms with Crippen LogP contribution in [-0.4, -0.2) is 47.4 Å². The summed E-state index contributed by atoms with van der Waals surface area (Å²) in [6, 6.07) is 0. The lowest BCUT2D eigenvalue weighted by molar-refractivity contribution is 0.282. The van der Waals surface area contributed by atoms with Crippen molar-refractivity contribution in [3.8, 4) is 5.88 Å². The lowest BCUT2D eigenvalue weighted by Crippen LogP contribution is -2.05. The molecule has 11 nitrogen and oxygen atoms in total. The smallest absolute Gasteiger partial charge is 0.300 e. The number of fused-ring (bicyclic) bond motifs is 1. The molecule has 0 saturated heterocycles. The molecule has 0 amide bonds. The number of nitrogens with one attached hydrogen (secondary N) is 1. The predicted octanol–water partition coefficient (Wildman–Crippen LogP) is -0.951. The lowest BCUT2D eigenvalue weighted by atomic mass is 10.7. The number of ether oxygens (including phenoxy) is 1. The van der Waals surface area contributed by atoms with Crippen molar-refractivity contribution in [3.63, 3.8) is 0 Å². The van der Waals surface area contributed by atoms with Crippen LogP contribution >= 0.6 is 0 Å². The van der Waals surface area contributed by atoms with Crippen molar-refractivity contribution in [1.29, 1.82) is 0 Å². The Morgan fingerprint density at radius 3 is 3.12 bits per heavy atom. The average Bonchev–Trinajstić information content (AvgIpc) is 2.96. The first kappa shape index (κ1) is 9.38. The van der Waals surface area contributed by atoms with Crippen LogP contribution in [0.3, 0.4) is 0 Å². The van der Waals surface area contributed by atoms with Gasteiger partial charge in [0.2, 0.25) is 5.82 Å². The molecule has 0 aliphatic carbocycles. The molecule has 0 unspecified atom stereocenters. The second-order valence-electron chi connectivity index (χ2n) is 2.85. The van der Waals surface area contributed by atoms with Gasteiger partial charge in [-0.2, -0.15) is 4.52 Å². The van der Waals surface area contributed by atoms with Crippen LogP contribution in [0.2, 0.25) is 0 Å². The second-order valence-corrected chi connectivity index (χ2v) is 2.85. The van der Waals surface area contributed by atoms with Crippen LogP contribution in [0.25, 0.3) is 5.78 Å². The van der Waals surface area contributed by atoms with Gasteiger partial charge < -0.3 is 4.74 Å². The number of rotatable bonds is 3. The van der Waals surface area contributed by atoms with Crippen LogP contribution in [0.5, 0.6) is 5.88 Å². The SMILES string of the molecule is COc1nonc1Nc1nnc2nncn2n1. The normalized spacial score (nSPS) is 10.6. The summed E-state index contributed by atoms with van der Waals surface area (Å²) >= 11 is 0. The third-order valence-corrected chi connectivity index (χ3v) is 1.83. The largest absolute Gasteiger partial charge is 0.476 e. The van der Waals surface area contributed by atoms with Crippen LogP contribution in [0.4, 0.5) is 11.8 Å². The van der Waals surface area contributed by atoms with Crippen molar-refractivity contribution >= 4 is 17.5 Å². The molecule has 0 fully saturated rings. The van der Waals surface area contributed by atoms with Crippen molar-refractivity contribution < 1.29 is 9.37 Å².